The summed E-state index contributed by atoms with van der Waals surface area (Å²) < 4.78 is 5.56. The van der Waals surface area contributed by atoms with Crippen LogP contribution < -0.4 is 15.4 Å². The van der Waals surface area contributed by atoms with E-state index in [-0.39, 0.29) is 5.91 Å². The summed E-state index contributed by atoms with van der Waals surface area (Å²) in [7, 11) is 3.52. The zero-order valence-corrected chi connectivity index (χ0v) is 17.7. The highest BCUT2D eigenvalue weighted by Gasteiger charge is 2.08. The maximum absolute atomic E-state index is 12.1. The van der Waals surface area contributed by atoms with Crippen molar-refractivity contribution in [1.29, 1.82) is 0 Å². The zero-order chi connectivity index (χ0) is 21.1. The van der Waals surface area contributed by atoms with Crippen LogP contribution in [0.1, 0.15) is 35.3 Å². The Kier molecular flexibility index (Phi) is 8.95. The van der Waals surface area contributed by atoms with E-state index in [0.29, 0.717) is 31.1 Å². The number of hydrogen-bond donors (Lipinski definition) is 2. The number of pyridine rings is 1. The normalized spacial score (nSPS) is 11.1. The molecule has 0 radical (unpaired) electrons. The molecule has 29 heavy (non-hydrogen) atoms. The molecule has 1 amide bonds. The summed E-state index contributed by atoms with van der Waals surface area (Å²) in [5, 5.41) is 6.60. The van der Waals surface area contributed by atoms with Gasteiger partial charge in [-0.3, -0.25) is 4.79 Å². The molecular formula is C22H31N5O2. The van der Waals surface area contributed by atoms with E-state index in [1.54, 1.807) is 25.2 Å². The van der Waals surface area contributed by atoms with Crippen molar-refractivity contribution in [2.24, 2.45) is 4.99 Å². The summed E-state index contributed by atoms with van der Waals surface area (Å²) in [6, 6.07) is 11.6. The molecule has 0 saturated carbocycles. The maximum atomic E-state index is 12.1. The highest BCUT2D eigenvalue weighted by atomic mass is 16.5. The molecule has 2 rings (SSSR count). The van der Waals surface area contributed by atoms with E-state index in [2.05, 4.69) is 20.6 Å². The van der Waals surface area contributed by atoms with Crippen molar-refractivity contribution < 1.29 is 9.53 Å². The lowest BCUT2D eigenvalue weighted by Gasteiger charge is -2.13. The van der Waals surface area contributed by atoms with Gasteiger partial charge >= 0.3 is 0 Å². The van der Waals surface area contributed by atoms with Gasteiger partial charge in [-0.1, -0.05) is 18.2 Å². The number of nitrogens with one attached hydrogen (secondary N) is 2. The minimum Gasteiger partial charge on any atom is -0.478 e. The van der Waals surface area contributed by atoms with Crippen LogP contribution >= 0.6 is 0 Å². The molecule has 1 heterocycles. The highest BCUT2D eigenvalue weighted by molar-refractivity contribution is 5.94. The van der Waals surface area contributed by atoms with Crippen molar-refractivity contribution in [2.75, 3.05) is 33.8 Å². The smallest absolute Gasteiger partial charge is 0.253 e. The first-order valence-corrected chi connectivity index (χ1v) is 9.94. The van der Waals surface area contributed by atoms with Gasteiger partial charge in [-0.05, 0) is 44.0 Å². The van der Waals surface area contributed by atoms with Crippen LogP contribution in [0.4, 0.5) is 0 Å². The van der Waals surface area contributed by atoms with E-state index in [4.69, 9.17) is 4.74 Å². The Labute approximate surface area is 173 Å². The molecule has 156 valence electrons. The topological polar surface area (TPSA) is 78.9 Å². The average Bonchev–Trinajstić information content (AvgIpc) is 2.72. The fraction of sp³-hybridized carbons (Fsp3) is 0.409. The summed E-state index contributed by atoms with van der Waals surface area (Å²) in [5.74, 6) is 1.37. The maximum Gasteiger partial charge on any atom is 0.253 e. The average molecular weight is 398 g/mol. The molecule has 7 heteroatoms. The van der Waals surface area contributed by atoms with Gasteiger partial charge in [-0.15, -0.1) is 0 Å². The number of aromatic nitrogens is 1. The zero-order valence-electron chi connectivity index (χ0n) is 17.7. The van der Waals surface area contributed by atoms with E-state index < -0.39 is 0 Å². The largest absolute Gasteiger partial charge is 0.478 e. The first kappa shape index (κ1) is 22.2. The number of rotatable bonds is 9. The van der Waals surface area contributed by atoms with Gasteiger partial charge in [0.25, 0.3) is 5.91 Å². The molecule has 0 bridgehead atoms. The predicted octanol–water partition coefficient (Wildman–Crippen LogP) is 2.48. The lowest BCUT2D eigenvalue weighted by Crippen LogP contribution is -2.38. The predicted molar refractivity (Wildman–Crippen MR) is 116 cm³/mol. The lowest BCUT2D eigenvalue weighted by molar-refractivity contribution is 0.0827. The van der Waals surface area contributed by atoms with Gasteiger partial charge in [0, 0.05) is 44.5 Å². The van der Waals surface area contributed by atoms with Crippen LogP contribution in [0.3, 0.4) is 0 Å². The number of aliphatic imine (C=N–C) groups is 1. The van der Waals surface area contributed by atoms with E-state index in [0.717, 1.165) is 30.1 Å². The SMILES string of the molecule is CCNC(=NCc1cccnc1OCC)NCCc1cccc(C(=O)N(C)C)c1. The molecule has 0 aliphatic heterocycles. The van der Waals surface area contributed by atoms with Gasteiger partial charge in [0.2, 0.25) is 5.88 Å². The Balaban J connectivity index is 1.97. The second-order valence-corrected chi connectivity index (χ2v) is 6.67. The molecule has 2 aromatic rings. The molecule has 0 atom stereocenters. The summed E-state index contributed by atoms with van der Waals surface area (Å²) in [6.07, 6.45) is 2.51. The molecule has 2 N–H and O–H groups in total. The summed E-state index contributed by atoms with van der Waals surface area (Å²) in [5.41, 5.74) is 2.75. The van der Waals surface area contributed by atoms with Gasteiger partial charge in [0.1, 0.15) is 0 Å². The second kappa shape index (κ2) is 11.7. The van der Waals surface area contributed by atoms with E-state index in [9.17, 15) is 4.79 Å². The molecule has 0 saturated heterocycles. The number of amides is 1. The van der Waals surface area contributed by atoms with Crippen molar-refractivity contribution in [3.05, 3.63) is 59.3 Å². The number of carbonyl (C=O) groups is 1. The number of hydrogen-bond acceptors (Lipinski definition) is 4. The minimum absolute atomic E-state index is 0.0104. The Morgan fingerprint density at radius 2 is 2.00 bits per heavy atom. The fourth-order valence-corrected chi connectivity index (χ4v) is 2.76. The summed E-state index contributed by atoms with van der Waals surface area (Å²) in [6.45, 7) is 6.49. The summed E-state index contributed by atoms with van der Waals surface area (Å²) >= 11 is 0. The molecular weight excluding hydrogens is 366 g/mol. The third-order valence-corrected chi connectivity index (χ3v) is 4.17. The van der Waals surface area contributed by atoms with Crippen LogP contribution in [0.5, 0.6) is 5.88 Å². The van der Waals surface area contributed by atoms with Crippen LogP contribution in [0.2, 0.25) is 0 Å². The first-order valence-electron chi connectivity index (χ1n) is 9.94. The number of guanidine groups is 1. The van der Waals surface area contributed by atoms with E-state index in [1.165, 1.54) is 0 Å². The van der Waals surface area contributed by atoms with Gasteiger partial charge in [0.15, 0.2) is 5.96 Å². The lowest BCUT2D eigenvalue weighted by atomic mass is 10.1. The molecule has 0 spiro atoms. The van der Waals surface area contributed by atoms with Crippen LogP contribution in [0.15, 0.2) is 47.6 Å². The molecule has 1 aromatic carbocycles. The molecule has 0 aliphatic carbocycles. The van der Waals surface area contributed by atoms with Gasteiger partial charge in [-0.25, -0.2) is 9.98 Å². The van der Waals surface area contributed by atoms with Crippen LogP contribution in [0.25, 0.3) is 0 Å². The Morgan fingerprint density at radius 3 is 2.72 bits per heavy atom. The van der Waals surface area contributed by atoms with Crippen molar-refractivity contribution in [1.82, 2.24) is 20.5 Å². The van der Waals surface area contributed by atoms with Gasteiger partial charge in [0.05, 0.1) is 13.2 Å². The Morgan fingerprint density at radius 1 is 1.17 bits per heavy atom. The van der Waals surface area contributed by atoms with E-state index >= 15 is 0 Å². The fourth-order valence-electron chi connectivity index (χ4n) is 2.76. The Bertz CT molecular complexity index is 820. The number of ether oxygens (including phenoxy) is 1. The number of benzene rings is 1. The molecule has 1 aromatic heterocycles. The molecule has 7 nitrogen and oxygen atoms in total. The molecule has 0 fully saturated rings. The summed E-state index contributed by atoms with van der Waals surface area (Å²) in [4.78, 5) is 22.6. The van der Waals surface area contributed by atoms with Crippen molar-refractivity contribution in [2.45, 2.75) is 26.8 Å². The first-order chi connectivity index (χ1) is 14.0. The van der Waals surface area contributed by atoms with Gasteiger partial charge < -0.3 is 20.3 Å². The van der Waals surface area contributed by atoms with Crippen molar-refractivity contribution >= 4 is 11.9 Å². The third-order valence-electron chi connectivity index (χ3n) is 4.17. The minimum atomic E-state index is 0.0104. The number of carbonyl (C=O) groups excluding carboxylic acids is 1. The standard InChI is InChI=1S/C22H31N5O2/c1-5-23-22(26-16-19-11-8-13-24-20(19)29-6-2)25-14-12-17-9-7-10-18(15-17)21(28)27(3)4/h7-11,13,15H,5-6,12,14,16H2,1-4H3,(H2,23,25,26). The molecule has 0 aliphatic rings. The van der Waals surface area contributed by atoms with Crippen molar-refractivity contribution in [3.63, 3.8) is 0 Å². The Hall–Kier alpha value is -3.09. The third kappa shape index (κ3) is 7.10. The van der Waals surface area contributed by atoms with Crippen LogP contribution in [-0.4, -0.2) is 55.5 Å². The quantitative estimate of drug-likeness (QED) is 0.502. The second-order valence-electron chi connectivity index (χ2n) is 6.67. The van der Waals surface area contributed by atoms with E-state index in [1.807, 2.05) is 50.2 Å². The van der Waals surface area contributed by atoms with Gasteiger partial charge in [-0.2, -0.15) is 0 Å². The van der Waals surface area contributed by atoms with Crippen LogP contribution in [0, 0.1) is 0 Å². The highest BCUT2D eigenvalue weighted by Crippen LogP contribution is 2.15. The van der Waals surface area contributed by atoms with Crippen LogP contribution in [-0.2, 0) is 13.0 Å². The number of nitrogens with zero attached hydrogens (tertiary/aromatic N) is 3. The molecule has 0 unspecified atom stereocenters. The monoisotopic (exact) mass is 397 g/mol. The van der Waals surface area contributed by atoms with Crippen molar-refractivity contribution in [3.8, 4) is 5.88 Å².